The summed E-state index contributed by atoms with van der Waals surface area (Å²) in [6.45, 7) is 2.01. The van der Waals surface area contributed by atoms with Gasteiger partial charge >= 0.3 is 0 Å². The molecule has 5 heteroatoms. The molecule has 0 saturated heterocycles. The monoisotopic (exact) mass is 332 g/mol. The number of hydrogen-bond donors (Lipinski definition) is 2. The summed E-state index contributed by atoms with van der Waals surface area (Å²) < 4.78 is 0. The zero-order valence-corrected chi connectivity index (χ0v) is 14.0. The van der Waals surface area contributed by atoms with Gasteiger partial charge in [0.05, 0.1) is 0 Å². The summed E-state index contributed by atoms with van der Waals surface area (Å²) in [5.74, 6) is -0.392. The fraction of sp³-hybridized carbons (Fsp3) is 0.150. The van der Waals surface area contributed by atoms with E-state index in [1.807, 2.05) is 61.5 Å². The van der Waals surface area contributed by atoms with Gasteiger partial charge in [0.25, 0.3) is 0 Å². The summed E-state index contributed by atoms with van der Waals surface area (Å²) >= 11 is 0. The van der Waals surface area contributed by atoms with Gasteiger partial charge in [0.2, 0.25) is 5.91 Å². The third kappa shape index (κ3) is 4.08. The van der Waals surface area contributed by atoms with E-state index < -0.39 is 11.9 Å². The van der Waals surface area contributed by atoms with E-state index in [2.05, 4.69) is 15.3 Å². The van der Waals surface area contributed by atoms with Gasteiger partial charge in [-0.3, -0.25) is 10.1 Å². The van der Waals surface area contributed by atoms with Crippen LogP contribution in [0.25, 0.3) is 11.1 Å². The summed E-state index contributed by atoms with van der Waals surface area (Å²) in [5.41, 5.74) is 9.53. The number of amides is 1. The molecule has 0 unspecified atom stereocenters. The molecule has 0 bridgehead atoms. The number of benzene rings is 2. The molecule has 0 radical (unpaired) electrons. The summed E-state index contributed by atoms with van der Waals surface area (Å²) in [7, 11) is 0. The number of carbonyl (C=O) groups is 1. The van der Waals surface area contributed by atoms with Crippen molar-refractivity contribution in [1.82, 2.24) is 15.3 Å². The van der Waals surface area contributed by atoms with Crippen LogP contribution < -0.4 is 11.1 Å². The summed E-state index contributed by atoms with van der Waals surface area (Å²) in [6.07, 6.45) is 5.07. The zero-order chi connectivity index (χ0) is 17.6. The number of hydrogen-bond acceptors (Lipinski definition) is 4. The molecule has 3 N–H and O–H groups in total. The van der Waals surface area contributed by atoms with Gasteiger partial charge in [-0.1, -0.05) is 54.6 Å². The second-order valence-electron chi connectivity index (χ2n) is 5.88. The molecular weight excluding hydrogens is 312 g/mol. The average Bonchev–Trinajstić information content (AvgIpc) is 2.67. The molecule has 0 saturated carbocycles. The molecule has 0 aliphatic heterocycles. The van der Waals surface area contributed by atoms with Gasteiger partial charge in [0.1, 0.15) is 12.4 Å². The summed E-state index contributed by atoms with van der Waals surface area (Å²) in [5, 5.41) is 3.31. The molecule has 2 atom stereocenters. The molecule has 1 aromatic heterocycles. The van der Waals surface area contributed by atoms with Gasteiger partial charge in [0.15, 0.2) is 0 Å². The average molecular weight is 332 g/mol. The highest BCUT2D eigenvalue weighted by molar-refractivity contribution is 5.81. The van der Waals surface area contributed by atoms with Crippen molar-refractivity contribution in [3.63, 3.8) is 0 Å². The Hall–Kier alpha value is -3.05. The van der Waals surface area contributed by atoms with E-state index in [0.29, 0.717) is 0 Å². The molecule has 2 aromatic carbocycles. The smallest absolute Gasteiger partial charge is 0.239 e. The maximum Gasteiger partial charge on any atom is 0.239 e. The van der Waals surface area contributed by atoms with Crippen LogP contribution in [0.2, 0.25) is 0 Å². The van der Waals surface area contributed by atoms with Crippen molar-refractivity contribution in [2.24, 2.45) is 5.73 Å². The minimum absolute atomic E-state index is 0.0289. The van der Waals surface area contributed by atoms with Crippen LogP contribution in [-0.4, -0.2) is 15.9 Å². The van der Waals surface area contributed by atoms with Gasteiger partial charge < -0.3 is 5.73 Å². The largest absolute Gasteiger partial charge is 0.368 e. The van der Waals surface area contributed by atoms with Crippen LogP contribution >= 0.6 is 0 Å². The molecule has 3 rings (SSSR count). The minimum atomic E-state index is -0.529. The van der Waals surface area contributed by atoms with E-state index in [-0.39, 0.29) is 6.04 Å². The lowest BCUT2D eigenvalue weighted by atomic mass is 10.0. The Morgan fingerprint density at radius 2 is 1.56 bits per heavy atom. The number of carbonyl (C=O) groups excluding carboxylic acids is 1. The Morgan fingerprint density at radius 3 is 2.16 bits per heavy atom. The lowest BCUT2D eigenvalue weighted by Crippen LogP contribution is -2.35. The second kappa shape index (κ2) is 7.68. The zero-order valence-electron chi connectivity index (χ0n) is 14.0. The van der Waals surface area contributed by atoms with E-state index in [1.54, 1.807) is 12.4 Å². The maximum absolute atomic E-state index is 11.9. The predicted octanol–water partition coefficient (Wildman–Crippen LogP) is 3.02. The van der Waals surface area contributed by atoms with E-state index in [1.165, 1.54) is 6.33 Å². The van der Waals surface area contributed by atoms with Crippen molar-refractivity contribution in [3.8, 4) is 11.1 Å². The van der Waals surface area contributed by atoms with Crippen LogP contribution in [0.4, 0.5) is 0 Å². The molecule has 1 heterocycles. The Balaban J connectivity index is 1.76. The summed E-state index contributed by atoms with van der Waals surface area (Å²) in [6, 6.07) is 17.0. The second-order valence-corrected chi connectivity index (χ2v) is 5.88. The lowest BCUT2D eigenvalue weighted by Gasteiger charge is -2.22. The lowest BCUT2D eigenvalue weighted by molar-refractivity contribution is -0.120. The van der Waals surface area contributed by atoms with Crippen LogP contribution in [0.15, 0.2) is 73.3 Å². The number of nitrogens with zero attached hydrogens (tertiary/aromatic N) is 2. The van der Waals surface area contributed by atoms with Crippen LogP contribution in [0.3, 0.4) is 0 Å². The molecule has 25 heavy (non-hydrogen) atoms. The van der Waals surface area contributed by atoms with Crippen molar-refractivity contribution < 1.29 is 4.79 Å². The van der Waals surface area contributed by atoms with Crippen molar-refractivity contribution in [2.75, 3.05) is 0 Å². The first-order valence-electron chi connectivity index (χ1n) is 8.11. The standard InChI is InChI=1S/C20H20N4O/c1-14(24-19(20(21)25)17-5-3-2-4-6-17)15-7-9-16(10-8-15)18-11-22-13-23-12-18/h2-14,19,24H,1H3,(H2,21,25)/t14-,19-/m0/s1. The van der Waals surface area contributed by atoms with Crippen LogP contribution in [0, 0.1) is 0 Å². The van der Waals surface area contributed by atoms with Gasteiger partial charge in [-0.2, -0.15) is 0 Å². The van der Waals surface area contributed by atoms with Gasteiger partial charge in [-0.15, -0.1) is 0 Å². The number of rotatable bonds is 6. The van der Waals surface area contributed by atoms with Crippen molar-refractivity contribution in [3.05, 3.63) is 84.4 Å². The Labute approximate surface area is 146 Å². The van der Waals surface area contributed by atoms with E-state index >= 15 is 0 Å². The third-order valence-electron chi connectivity index (χ3n) is 4.14. The Morgan fingerprint density at radius 1 is 0.920 bits per heavy atom. The first kappa shape index (κ1) is 16.8. The van der Waals surface area contributed by atoms with Gasteiger partial charge in [0, 0.05) is 24.0 Å². The number of primary amides is 1. The maximum atomic E-state index is 11.9. The quantitative estimate of drug-likeness (QED) is 0.727. The SMILES string of the molecule is C[C@H](N[C@H](C(N)=O)c1ccccc1)c1ccc(-c2cncnc2)cc1. The Bertz CT molecular complexity index is 819. The molecule has 1 amide bonds. The van der Waals surface area contributed by atoms with E-state index in [4.69, 9.17) is 5.73 Å². The topological polar surface area (TPSA) is 80.9 Å². The van der Waals surface area contributed by atoms with Crippen LogP contribution in [0.1, 0.15) is 30.1 Å². The molecule has 0 aliphatic carbocycles. The number of nitrogens with two attached hydrogens (primary N) is 1. The molecule has 3 aromatic rings. The summed E-state index contributed by atoms with van der Waals surface area (Å²) in [4.78, 5) is 19.9. The first-order chi connectivity index (χ1) is 12.1. The van der Waals surface area contributed by atoms with E-state index in [9.17, 15) is 4.79 Å². The van der Waals surface area contributed by atoms with Crippen LogP contribution in [-0.2, 0) is 4.79 Å². The fourth-order valence-electron chi connectivity index (χ4n) is 2.75. The van der Waals surface area contributed by atoms with Gasteiger partial charge in [-0.05, 0) is 23.6 Å². The Kier molecular flexibility index (Phi) is 5.16. The highest BCUT2D eigenvalue weighted by Gasteiger charge is 2.20. The molecular formula is C20H20N4O. The first-order valence-corrected chi connectivity index (χ1v) is 8.11. The minimum Gasteiger partial charge on any atom is -0.368 e. The predicted molar refractivity (Wildman–Crippen MR) is 97.4 cm³/mol. The number of aromatic nitrogens is 2. The van der Waals surface area contributed by atoms with Crippen molar-refractivity contribution in [1.29, 1.82) is 0 Å². The molecule has 0 spiro atoms. The molecule has 5 nitrogen and oxygen atoms in total. The highest BCUT2D eigenvalue weighted by atomic mass is 16.1. The molecule has 0 fully saturated rings. The highest BCUT2D eigenvalue weighted by Crippen LogP contribution is 2.23. The fourth-order valence-corrected chi connectivity index (χ4v) is 2.75. The normalized spacial score (nSPS) is 13.2. The van der Waals surface area contributed by atoms with E-state index in [0.717, 1.165) is 22.3 Å². The van der Waals surface area contributed by atoms with Crippen molar-refractivity contribution >= 4 is 5.91 Å². The van der Waals surface area contributed by atoms with Crippen LogP contribution in [0.5, 0.6) is 0 Å². The molecule has 0 aliphatic rings. The van der Waals surface area contributed by atoms with Gasteiger partial charge in [-0.25, -0.2) is 9.97 Å². The number of nitrogens with one attached hydrogen (secondary N) is 1. The third-order valence-corrected chi connectivity index (χ3v) is 4.14. The molecule has 126 valence electrons. The van der Waals surface area contributed by atoms with Crippen molar-refractivity contribution in [2.45, 2.75) is 19.0 Å².